The Hall–Kier alpha value is -0.0400. The largest absolute Gasteiger partial charge is 0.393 e. The lowest BCUT2D eigenvalue weighted by atomic mass is 9.45. The summed E-state index contributed by atoms with van der Waals surface area (Å²) in [5, 5.41) is 10.2. The molecule has 0 spiro atoms. The average Bonchev–Trinajstić information content (AvgIpc) is 2.72. The van der Waals surface area contributed by atoms with Crippen LogP contribution in [0.5, 0.6) is 0 Å². The Labute approximate surface area is 124 Å². The quantitative estimate of drug-likeness (QED) is 0.675. The van der Waals surface area contributed by atoms with Gasteiger partial charge >= 0.3 is 0 Å². The summed E-state index contributed by atoms with van der Waals surface area (Å²) < 4.78 is 0. The topological polar surface area (TPSA) is 20.2 Å². The van der Waals surface area contributed by atoms with Crippen molar-refractivity contribution < 1.29 is 5.11 Å². The summed E-state index contributed by atoms with van der Waals surface area (Å²) in [6.07, 6.45) is 13.9. The van der Waals surface area contributed by atoms with Gasteiger partial charge in [-0.15, -0.1) is 0 Å². The fourth-order valence-corrected chi connectivity index (χ4v) is 7.32. The highest BCUT2D eigenvalue weighted by Crippen LogP contribution is 2.66. The van der Waals surface area contributed by atoms with Crippen molar-refractivity contribution in [3.8, 4) is 0 Å². The monoisotopic (exact) mass is 276 g/mol. The smallest absolute Gasteiger partial charge is 0.0548 e. The Morgan fingerprint density at radius 3 is 2.60 bits per heavy atom. The lowest BCUT2D eigenvalue weighted by Crippen LogP contribution is -2.51. The van der Waals surface area contributed by atoms with Gasteiger partial charge in [0.25, 0.3) is 0 Å². The molecule has 0 aromatic rings. The molecule has 0 unspecified atom stereocenters. The molecule has 4 aliphatic rings. The highest BCUT2D eigenvalue weighted by Gasteiger charge is 2.58. The fraction of sp³-hybridized carbons (Fsp3) is 1.00. The van der Waals surface area contributed by atoms with Gasteiger partial charge < -0.3 is 5.11 Å². The van der Waals surface area contributed by atoms with E-state index in [1.54, 1.807) is 0 Å². The van der Waals surface area contributed by atoms with E-state index < -0.39 is 0 Å². The summed E-state index contributed by atoms with van der Waals surface area (Å²) >= 11 is 0. The second-order valence-corrected chi connectivity index (χ2v) is 9.19. The molecule has 0 radical (unpaired) electrons. The molecular weight excluding hydrogens is 244 g/mol. The van der Waals surface area contributed by atoms with Crippen LogP contribution in [0.2, 0.25) is 0 Å². The predicted octanol–water partition coefficient (Wildman–Crippen LogP) is 4.78. The number of rotatable bonds is 0. The first kappa shape index (κ1) is 13.6. The molecule has 4 fully saturated rings. The normalized spacial score (nSPS) is 58.6. The van der Waals surface area contributed by atoms with E-state index in [9.17, 15) is 5.11 Å². The molecule has 0 saturated heterocycles. The third-order valence-electron chi connectivity index (χ3n) is 8.33. The van der Waals surface area contributed by atoms with Crippen LogP contribution in [0.3, 0.4) is 0 Å². The van der Waals surface area contributed by atoms with Gasteiger partial charge in [0.05, 0.1) is 6.10 Å². The van der Waals surface area contributed by atoms with Crippen LogP contribution in [0.25, 0.3) is 0 Å². The maximum Gasteiger partial charge on any atom is 0.0548 e. The first-order chi connectivity index (χ1) is 9.53. The maximum absolute atomic E-state index is 10.2. The lowest BCUT2D eigenvalue weighted by molar-refractivity contribution is -0.103. The van der Waals surface area contributed by atoms with Gasteiger partial charge in [-0.25, -0.2) is 0 Å². The van der Waals surface area contributed by atoms with Gasteiger partial charge in [-0.05, 0) is 85.9 Å². The first-order valence-electron chi connectivity index (χ1n) is 9.21. The minimum atomic E-state index is 0.000588. The van der Waals surface area contributed by atoms with Crippen molar-refractivity contribution >= 4 is 0 Å². The Kier molecular flexibility index (Phi) is 3.05. The van der Waals surface area contributed by atoms with Gasteiger partial charge in [-0.3, -0.25) is 0 Å². The zero-order chi connectivity index (χ0) is 14.0. The van der Waals surface area contributed by atoms with E-state index in [0.29, 0.717) is 10.8 Å². The standard InChI is InChI=1S/C19H32O/c1-18-10-8-16-15(17(18)11-14(20)12-18)7-6-13-5-3-4-9-19(13,16)2/h13-17,20H,3-12H2,1-2H3/t13-,14-,15+,16+,17+,18+,19+/m1/s1. The number of aliphatic hydroxyl groups excluding tert-OH is 1. The van der Waals surface area contributed by atoms with Gasteiger partial charge in [-0.1, -0.05) is 26.7 Å². The summed E-state index contributed by atoms with van der Waals surface area (Å²) in [5.41, 5.74) is 1.12. The van der Waals surface area contributed by atoms with E-state index in [0.717, 1.165) is 36.5 Å². The highest BCUT2D eigenvalue weighted by atomic mass is 16.3. The SMILES string of the molecule is C[C@@]12CC[C@H]3[C@H](CC[C@H]4CCCC[C@@]43C)[C@@H]1C[C@@H](O)C2. The Balaban J connectivity index is 1.64. The zero-order valence-electron chi connectivity index (χ0n) is 13.4. The van der Waals surface area contributed by atoms with Crippen LogP contribution >= 0.6 is 0 Å². The number of hydrogen-bond donors (Lipinski definition) is 1. The van der Waals surface area contributed by atoms with Gasteiger partial charge in [0.1, 0.15) is 0 Å². The molecule has 114 valence electrons. The third kappa shape index (κ3) is 1.77. The summed E-state index contributed by atoms with van der Waals surface area (Å²) in [6, 6.07) is 0. The van der Waals surface area contributed by atoms with E-state index in [4.69, 9.17) is 0 Å². The van der Waals surface area contributed by atoms with Gasteiger partial charge in [0, 0.05) is 0 Å². The molecule has 0 heterocycles. The summed E-state index contributed by atoms with van der Waals surface area (Å²) in [7, 11) is 0. The molecule has 4 saturated carbocycles. The van der Waals surface area contributed by atoms with Crippen LogP contribution in [0.4, 0.5) is 0 Å². The minimum Gasteiger partial charge on any atom is -0.393 e. The van der Waals surface area contributed by atoms with Gasteiger partial charge in [-0.2, -0.15) is 0 Å². The molecule has 20 heavy (non-hydrogen) atoms. The second-order valence-electron chi connectivity index (χ2n) is 9.19. The van der Waals surface area contributed by atoms with Crippen LogP contribution < -0.4 is 0 Å². The molecule has 0 amide bonds. The summed E-state index contributed by atoms with van der Waals surface area (Å²) in [6.45, 7) is 5.13. The minimum absolute atomic E-state index is 0.000588. The molecular formula is C19H32O. The number of fused-ring (bicyclic) bond motifs is 5. The number of aliphatic hydroxyl groups is 1. The molecule has 0 bridgehead atoms. The molecule has 1 nitrogen and oxygen atoms in total. The highest BCUT2D eigenvalue weighted by molar-refractivity contribution is 5.07. The van der Waals surface area contributed by atoms with Crippen molar-refractivity contribution in [1.29, 1.82) is 0 Å². The Morgan fingerprint density at radius 2 is 1.75 bits per heavy atom. The maximum atomic E-state index is 10.2. The fourth-order valence-electron chi connectivity index (χ4n) is 7.32. The van der Waals surface area contributed by atoms with E-state index in [2.05, 4.69) is 13.8 Å². The van der Waals surface area contributed by atoms with Crippen LogP contribution in [0, 0.1) is 34.5 Å². The van der Waals surface area contributed by atoms with Crippen LogP contribution in [0.1, 0.15) is 78.1 Å². The molecule has 0 aromatic carbocycles. The van der Waals surface area contributed by atoms with Crippen LogP contribution in [-0.2, 0) is 0 Å². The average molecular weight is 276 g/mol. The Bertz CT molecular complexity index is 391. The Morgan fingerprint density at radius 1 is 0.900 bits per heavy atom. The van der Waals surface area contributed by atoms with Crippen LogP contribution in [-0.4, -0.2) is 11.2 Å². The van der Waals surface area contributed by atoms with E-state index in [1.165, 1.54) is 51.4 Å². The van der Waals surface area contributed by atoms with Crippen molar-refractivity contribution in [3.05, 3.63) is 0 Å². The van der Waals surface area contributed by atoms with E-state index in [-0.39, 0.29) is 6.10 Å². The van der Waals surface area contributed by atoms with E-state index in [1.807, 2.05) is 0 Å². The van der Waals surface area contributed by atoms with Crippen molar-refractivity contribution in [2.75, 3.05) is 0 Å². The molecule has 1 N–H and O–H groups in total. The lowest BCUT2D eigenvalue weighted by Gasteiger charge is -2.60. The summed E-state index contributed by atoms with van der Waals surface area (Å²) in [4.78, 5) is 0. The van der Waals surface area contributed by atoms with Crippen molar-refractivity contribution in [2.45, 2.75) is 84.2 Å². The molecule has 4 rings (SSSR count). The number of hydrogen-bond acceptors (Lipinski definition) is 1. The van der Waals surface area contributed by atoms with Crippen molar-refractivity contribution in [3.63, 3.8) is 0 Å². The predicted molar refractivity (Wildman–Crippen MR) is 82.4 cm³/mol. The van der Waals surface area contributed by atoms with Crippen molar-refractivity contribution in [2.24, 2.45) is 34.5 Å². The molecule has 0 aromatic heterocycles. The first-order valence-corrected chi connectivity index (χ1v) is 9.21. The van der Waals surface area contributed by atoms with Crippen LogP contribution in [0.15, 0.2) is 0 Å². The van der Waals surface area contributed by atoms with Gasteiger partial charge in [0.2, 0.25) is 0 Å². The molecule has 1 heteroatoms. The molecule has 0 aliphatic heterocycles. The van der Waals surface area contributed by atoms with E-state index >= 15 is 0 Å². The third-order valence-corrected chi connectivity index (χ3v) is 8.33. The second kappa shape index (κ2) is 4.48. The summed E-state index contributed by atoms with van der Waals surface area (Å²) in [5.74, 6) is 3.76. The van der Waals surface area contributed by atoms with Crippen molar-refractivity contribution in [1.82, 2.24) is 0 Å². The molecule has 4 aliphatic carbocycles. The van der Waals surface area contributed by atoms with Gasteiger partial charge in [0.15, 0.2) is 0 Å². The molecule has 7 atom stereocenters. The zero-order valence-corrected chi connectivity index (χ0v) is 13.4.